The first-order valence-electron chi connectivity index (χ1n) is 9.50. The molecule has 0 N–H and O–H groups in total. The molecular formula is C22H25FN4. The molecule has 0 amide bonds. The van der Waals surface area contributed by atoms with Crippen molar-refractivity contribution in [3.8, 4) is 0 Å². The third-order valence-corrected chi connectivity index (χ3v) is 5.18. The van der Waals surface area contributed by atoms with Crippen molar-refractivity contribution in [2.24, 2.45) is 7.05 Å². The molecule has 2 aromatic heterocycles. The summed E-state index contributed by atoms with van der Waals surface area (Å²) in [6, 6.07) is 11.5. The van der Waals surface area contributed by atoms with Crippen molar-refractivity contribution in [1.82, 2.24) is 19.7 Å². The highest BCUT2D eigenvalue weighted by atomic mass is 19.1. The third-order valence-electron chi connectivity index (χ3n) is 5.18. The van der Waals surface area contributed by atoms with Crippen LogP contribution in [0, 0.1) is 12.7 Å². The zero-order valence-corrected chi connectivity index (χ0v) is 15.9. The quantitative estimate of drug-likeness (QED) is 0.681. The fourth-order valence-corrected chi connectivity index (χ4v) is 4.06. The lowest BCUT2D eigenvalue weighted by atomic mass is 10.0. The molecule has 0 bridgehead atoms. The van der Waals surface area contributed by atoms with Crippen LogP contribution in [0.1, 0.15) is 47.0 Å². The van der Waals surface area contributed by atoms with E-state index in [1.165, 1.54) is 23.6 Å². The topological polar surface area (TPSA) is 34.0 Å². The van der Waals surface area contributed by atoms with Gasteiger partial charge in [0.1, 0.15) is 5.82 Å². The molecule has 0 saturated carbocycles. The van der Waals surface area contributed by atoms with E-state index in [4.69, 9.17) is 4.98 Å². The summed E-state index contributed by atoms with van der Waals surface area (Å²) >= 11 is 0. The van der Waals surface area contributed by atoms with Gasteiger partial charge in [-0.25, -0.2) is 4.39 Å². The first kappa shape index (κ1) is 17.9. The Morgan fingerprint density at radius 2 is 2.04 bits per heavy atom. The van der Waals surface area contributed by atoms with Crippen LogP contribution < -0.4 is 0 Å². The lowest BCUT2D eigenvalue weighted by Gasteiger charge is -2.24. The van der Waals surface area contributed by atoms with Gasteiger partial charge in [0.2, 0.25) is 0 Å². The van der Waals surface area contributed by atoms with Crippen LogP contribution in [0.25, 0.3) is 0 Å². The standard InChI is InChI=1S/C22H25FN4/c1-16-9-18(10-17-5-3-6-20(23)11-17)12-21(25-16)22-7-4-8-27(22)15-19-13-24-26(2)14-19/h3,5-6,9,11-14,22H,4,7-8,10,15H2,1-2H3/t22-/m0/s1. The maximum absolute atomic E-state index is 13.5. The van der Waals surface area contributed by atoms with Gasteiger partial charge >= 0.3 is 0 Å². The lowest BCUT2D eigenvalue weighted by Crippen LogP contribution is -2.23. The summed E-state index contributed by atoms with van der Waals surface area (Å²) in [6.07, 6.45) is 7.04. The van der Waals surface area contributed by atoms with Gasteiger partial charge in [0.05, 0.1) is 17.9 Å². The number of likely N-dealkylation sites (tertiary alicyclic amines) is 1. The van der Waals surface area contributed by atoms with Crippen LogP contribution in [0.3, 0.4) is 0 Å². The van der Waals surface area contributed by atoms with E-state index in [0.717, 1.165) is 42.9 Å². The van der Waals surface area contributed by atoms with Gasteiger partial charge in [-0.05, 0) is 68.1 Å². The highest BCUT2D eigenvalue weighted by molar-refractivity contribution is 5.30. The molecule has 0 unspecified atom stereocenters. The van der Waals surface area contributed by atoms with Gasteiger partial charge in [-0.15, -0.1) is 0 Å². The predicted octanol–water partition coefficient (Wildman–Crippen LogP) is 4.19. The van der Waals surface area contributed by atoms with Crippen LogP contribution in [0.4, 0.5) is 4.39 Å². The second-order valence-electron chi connectivity index (χ2n) is 7.50. The van der Waals surface area contributed by atoms with Crippen LogP contribution >= 0.6 is 0 Å². The predicted molar refractivity (Wildman–Crippen MR) is 104 cm³/mol. The van der Waals surface area contributed by atoms with E-state index in [9.17, 15) is 4.39 Å². The second kappa shape index (κ2) is 7.61. The van der Waals surface area contributed by atoms with Crippen molar-refractivity contribution in [3.05, 3.63) is 82.7 Å². The van der Waals surface area contributed by atoms with Crippen LogP contribution in [-0.4, -0.2) is 26.2 Å². The number of benzene rings is 1. The number of hydrogen-bond donors (Lipinski definition) is 0. The van der Waals surface area contributed by atoms with Gasteiger partial charge in [-0.3, -0.25) is 14.6 Å². The maximum Gasteiger partial charge on any atom is 0.123 e. The Kier molecular flexibility index (Phi) is 5.03. The molecule has 0 aliphatic carbocycles. The van der Waals surface area contributed by atoms with E-state index in [1.807, 2.05) is 30.9 Å². The Bertz CT molecular complexity index is 934. The summed E-state index contributed by atoms with van der Waals surface area (Å²) in [6.45, 7) is 4.01. The molecule has 1 aromatic carbocycles. The molecule has 1 atom stereocenters. The minimum atomic E-state index is -0.183. The van der Waals surface area contributed by atoms with Crippen molar-refractivity contribution >= 4 is 0 Å². The molecule has 4 nitrogen and oxygen atoms in total. The number of aromatic nitrogens is 3. The van der Waals surface area contributed by atoms with Crippen molar-refractivity contribution in [3.63, 3.8) is 0 Å². The Morgan fingerprint density at radius 1 is 1.15 bits per heavy atom. The zero-order chi connectivity index (χ0) is 18.8. The van der Waals surface area contributed by atoms with Gasteiger partial charge in [0, 0.05) is 31.0 Å². The van der Waals surface area contributed by atoms with E-state index in [2.05, 4.69) is 28.3 Å². The Morgan fingerprint density at radius 3 is 2.81 bits per heavy atom. The van der Waals surface area contributed by atoms with Crippen LogP contribution in [0.5, 0.6) is 0 Å². The van der Waals surface area contributed by atoms with E-state index in [-0.39, 0.29) is 5.82 Å². The van der Waals surface area contributed by atoms with Crippen LogP contribution in [-0.2, 0) is 20.0 Å². The average Bonchev–Trinajstić information content (AvgIpc) is 3.24. The van der Waals surface area contributed by atoms with Gasteiger partial charge in [0.15, 0.2) is 0 Å². The van der Waals surface area contributed by atoms with Crippen molar-refractivity contribution in [2.45, 2.75) is 38.8 Å². The summed E-state index contributed by atoms with van der Waals surface area (Å²) in [4.78, 5) is 7.33. The maximum atomic E-state index is 13.5. The highest BCUT2D eigenvalue weighted by Gasteiger charge is 2.27. The molecule has 1 aliphatic heterocycles. The summed E-state index contributed by atoms with van der Waals surface area (Å²) in [5, 5.41) is 4.28. The van der Waals surface area contributed by atoms with Crippen LogP contribution in [0.15, 0.2) is 48.8 Å². The Labute approximate surface area is 159 Å². The third kappa shape index (κ3) is 4.25. The lowest BCUT2D eigenvalue weighted by molar-refractivity contribution is 0.244. The minimum Gasteiger partial charge on any atom is -0.290 e. The molecule has 1 fully saturated rings. The SMILES string of the molecule is Cc1cc(Cc2cccc(F)c2)cc([C@@H]2CCCN2Cc2cnn(C)c2)n1. The molecule has 1 saturated heterocycles. The molecular weight excluding hydrogens is 339 g/mol. The minimum absolute atomic E-state index is 0.183. The molecule has 0 radical (unpaired) electrons. The first-order chi connectivity index (χ1) is 13.1. The summed E-state index contributed by atoms with van der Waals surface area (Å²) < 4.78 is 15.4. The van der Waals surface area contributed by atoms with E-state index in [1.54, 1.807) is 12.1 Å². The van der Waals surface area contributed by atoms with Gasteiger partial charge < -0.3 is 0 Å². The molecule has 140 valence electrons. The van der Waals surface area contributed by atoms with E-state index < -0.39 is 0 Å². The average molecular weight is 364 g/mol. The van der Waals surface area contributed by atoms with Gasteiger partial charge in [-0.1, -0.05) is 12.1 Å². The van der Waals surface area contributed by atoms with Crippen molar-refractivity contribution in [2.75, 3.05) is 6.54 Å². The monoisotopic (exact) mass is 364 g/mol. The molecule has 3 heterocycles. The van der Waals surface area contributed by atoms with Gasteiger partial charge in [-0.2, -0.15) is 5.10 Å². The summed E-state index contributed by atoms with van der Waals surface area (Å²) in [5.74, 6) is -0.183. The molecule has 27 heavy (non-hydrogen) atoms. The van der Waals surface area contributed by atoms with E-state index >= 15 is 0 Å². The number of hydrogen-bond acceptors (Lipinski definition) is 3. The second-order valence-corrected chi connectivity index (χ2v) is 7.50. The van der Waals surface area contributed by atoms with Crippen molar-refractivity contribution in [1.29, 1.82) is 0 Å². The molecule has 1 aliphatic rings. The summed E-state index contributed by atoms with van der Waals surface area (Å²) in [7, 11) is 1.95. The molecule has 5 heteroatoms. The number of halogens is 1. The Balaban J connectivity index is 1.56. The number of nitrogens with zero attached hydrogens (tertiary/aromatic N) is 4. The highest BCUT2D eigenvalue weighted by Crippen LogP contribution is 2.33. The number of pyridine rings is 1. The smallest absolute Gasteiger partial charge is 0.123 e. The van der Waals surface area contributed by atoms with Crippen molar-refractivity contribution < 1.29 is 4.39 Å². The fraction of sp³-hybridized carbons (Fsp3) is 0.364. The van der Waals surface area contributed by atoms with Gasteiger partial charge in [0.25, 0.3) is 0 Å². The largest absolute Gasteiger partial charge is 0.290 e. The normalized spacial score (nSPS) is 17.5. The number of rotatable bonds is 5. The fourth-order valence-electron chi connectivity index (χ4n) is 4.06. The molecule has 0 spiro atoms. The summed E-state index contributed by atoms with van der Waals surface area (Å²) in [5.41, 5.74) is 5.56. The van der Waals surface area contributed by atoms with Crippen LogP contribution in [0.2, 0.25) is 0 Å². The zero-order valence-electron chi connectivity index (χ0n) is 15.9. The molecule has 4 rings (SSSR count). The first-order valence-corrected chi connectivity index (χ1v) is 9.50. The Hall–Kier alpha value is -2.53. The molecule has 3 aromatic rings. The number of aryl methyl sites for hydroxylation is 2. The van der Waals surface area contributed by atoms with E-state index in [0.29, 0.717) is 6.04 Å².